The van der Waals surface area contributed by atoms with Crippen molar-refractivity contribution in [2.45, 2.75) is 6.92 Å². The van der Waals surface area contributed by atoms with Gasteiger partial charge in [0.25, 0.3) is 0 Å². The Balaban J connectivity index is 2.36. The van der Waals surface area contributed by atoms with Crippen LogP contribution in [0.2, 0.25) is 0 Å². The second-order valence-electron chi connectivity index (χ2n) is 3.16. The Bertz CT molecular complexity index is 488. The van der Waals surface area contributed by atoms with Crippen LogP contribution in [0.25, 0.3) is 11.4 Å². The molecule has 2 rings (SSSR count). The smallest absolute Gasteiger partial charge is 0.160 e. The lowest BCUT2D eigenvalue weighted by molar-refractivity contribution is 0.340. The Hall–Kier alpha value is -1.42. The average Bonchev–Trinajstić information content (AvgIpc) is 2.30. The molecule has 1 heterocycles. The van der Waals surface area contributed by atoms with Crippen LogP contribution in [0.1, 0.15) is 6.92 Å². The molecule has 4 heteroatoms. The van der Waals surface area contributed by atoms with E-state index in [1.54, 1.807) is 12.3 Å². The molecule has 82 valence electrons. The first kappa shape index (κ1) is 11.1. The van der Waals surface area contributed by atoms with Crippen molar-refractivity contribution in [1.82, 2.24) is 9.97 Å². The summed E-state index contributed by atoms with van der Waals surface area (Å²) < 4.78 is 6.21. The summed E-state index contributed by atoms with van der Waals surface area (Å²) in [5, 5.41) is 0. The molecule has 0 aliphatic rings. The second kappa shape index (κ2) is 5.07. The van der Waals surface area contributed by atoms with Gasteiger partial charge in [-0.2, -0.15) is 0 Å². The first-order valence-corrected chi connectivity index (χ1v) is 5.80. The van der Waals surface area contributed by atoms with Crippen molar-refractivity contribution in [1.29, 1.82) is 0 Å². The van der Waals surface area contributed by atoms with Crippen molar-refractivity contribution in [2.24, 2.45) is 0 Å². The lowest BCUT2D eigenvalue weighted by Crippen LogP contribution is -1.93. The monoisotopic (exact) mass is 278 g/mol. The van der Waals surface area contributed by atoms with Crippen LogP contribution in [-0.2, 0) is 0 Å². The molecule has 0 atom stereocenters. The standard InChI is InChI=1S/C12H11BrN2O/c1-2-16-10-5-3-4-9(8-10)12-14-7-6-11(13)15-12/h3-8H,2H2,1H3. The molecule has 3 nitrogen and oxygen atoms in total. The van der Waals surface area contributed by atoms with Crippen molar-refractivity contribution in [3.8, 4) is 17.1 Å². The van der Waals surface area contributed by atoms with Gasteiger partial charge >= 0.3 is 0 Å². The molecule has 0 spiro atoms. The second-order valence-corrected chi connectivity index (χ2v) is 3.98. The van der Waals surface area contributed by atoms with E-state index >= 15 is 0 Å². The molecule has 0 saturated heterocycles. The molecule has 0 saturated carbocycles. The van der Waals surface area contributed by atoms with Gasteiger partial charge in [-0.3, -0.25) is 0 Å². The third-order valence-corrected chi connectivity index (χ3v) is 2.47. The minimum Gasteiger partial charge on any atom is -0.494 e. The maximum atomic E-state index is 5.43. The van der Waals surface area contributed by atoms with E-state index in [1.807, 2.05) is 31.2 Å². The van der Waals surface area contributed by atoms with Crippen molar-refractivity contribution >= 4 is 15.9 Å². The zero-order valence-electron chi connectivity index (χ0n) is 8.85. The molecule has 16 heavy (non-hydrogen) atoms. The van der Waals surface area contributed by atoms with Gasteiger partial charge in [-0.1, -0.05) is 12.1 Å². The van der Waals surface area contributed by atoms with Crippen LogP contribution in [0, 0.1) is 0 Å². The quantitative estimate of drug-likeness (QED) is 0.808. The number of nitrogens with zero attached hydrogens (tertiary/aromatic N) is 2. The van der Waals surface area contributed by atoms with Gasteiger partial charge < -0.3 is 4.74 Å². The molecular formula is C12H11BrN2O. The maximum Gasteiger partial charge on any atom is 0.160 e. The van der Waals surface area contributed by atoms with Crippen molar-refractivity contribution < 1.29 is 4.74 Å². The Morgan fingerprint density at radius 3 is 2.94 bits per heavy atom. The minimum atomic E-state index is 0.656. The zero-order chi connectivity index (χ0) is 11.4. The largest absolute Gasteiger partial charge is 0.494 e. The van der Waals surface area contributed by atoms with Crippen LogP contribution in [0.5, 0.6) is 5.75 Å². The van der Waals surface area contributed by atoms with E-state index in [0.29, 0.717) is 12.4 Å². The fourth-order valence-electron chi connectivity index (χ4n) is 1.37. The molecule has 2 aromatic rings. The lowest BCUT2D eigenvalue weighted by Gasteiger charge is -2.05. The first-order chi connectivity index (χ1) is 7.79. The van der Waals surface area contributed by atoms with E-state index in [9.17, 15) is 0 Å². The topological polar surface area (TPSA) is 35.0 Å². The first-order valence-electron chi connectivity index (χ1n) is 5.01. The highest BCUT2D eigenvalue weighted by Crippen LogP contribution is 2.21. The summed E-state index contributed by atoms with van der Waals surface area (Å²) in [6.45, 7) is 2.62. The molecule has 0 amide bonds. The Kier molecular flexibility index (Phi) is 3.51. The van der Waals surface area contributed by atoms with Gasteiger partial charge in [0.15, 0.2) is 5.82 Å². The number of ether oxygens (including phenoxy) is 1. The molecule has 0 aliphatic carbocycles. The highest BCUT2D eigenvalue weighted by molar-refractivity contribution is 9.10. The predicted octanol–water partition coefficient (Wildman–Crippen LogP) is 3.30. The van der Waals surface area contributed by atoms with E-state index < -0.39 is 0 Å². The van der Waals surface area contributed by atoms with E-state index in [-0.39, 0.29) is 0 Å². The normalized spacial score (nSPS) is 10.1. The van der Waals surface area contributed by atoms with E-state index in [4.69, 9.17) is 4.74 Å². The van der Waals surface area contributed by atoms with Crippen LogP contribution >= 0.6 is 15.9 Å². The molecule has 1 aromatic carbocycles. The van der Waals surface area contributed by atoms with Gasteiger partial charge in [0.05, 0.1) is 6.61 Å². The highest BCUT2D eigenvalue weighted by atomic mass is 79.9. The third kappa shape index (κ3) is 2.58. The van der Waals surface area contributed by atoms with Crippen LogP contribution < -0.4 is 4.74 Å². The average molecular weight is 279 g/mol. The minimum absolute atomic E-state index is 0.656. The molecule has 0 bridgehead atoms. The molecular weight excluding hydrogens is 268 g/mol. The van der Waals surface area contributed by atoms with Crippen molar-refractivity contribution in [3.63, 3.8) is 0 Å². The van der Waals surface area contributed by atoms with E-state index in [0.717, 1.165) is 15.9 Å². The van der Waals surface area contributed by atoms with Gasteiger partial charge in [0.1, 0.15) is 10.4 Å². The summed E-state index contributed by atoms with van der Waals surface area (Å²) in [4.78, 5) is 8.51. The van der Waals surface area contributed by atoms with Gasteiger partial charge in [0, 0.05) is 11.8 Å². The molecule has 0 fully saturated rings. The number of benzene rings is 1. The molecule has 1 aromatic heterocycles. The summed E-state index contributed by atoms with van der Waals surface area (Å²) in [6.07, 6.45) is 1.72. The predicted molar refractivity (Wildman–Crippen MR) is 66.3 cm³/mol. The van der Waals surface area contributed by atoms with Crippen LogP contribution in [0.3, 0.4) is 0 Å². The van der Waals surface area contributed by atoms with E-state index in [2.05, 4.69) is 25.9 Å². The number of hydrogen-bond donors (Lipinski definition) is 0. The van der Waals surface area contributed by atoms with Crippen molar-refractivity contribution in [3.05, 3.63) is 41.1 Å². The lowest BCUT2D eigenvalue weighted by atomic mass is 10.2. The van der Waals surface area contributed by atoms with Crippen LogP contribution in [0.4, 0.5) is 0 Å². The molecule has 0 unspecified atom stereocenters. The Labute approximate surface area is 103 Å². The van der Waals surface area contributed by atoms with Gasteiger partial charge in [0.2, 0.25) is 0 Å². The number of aromatic nitrogens is 2. The zero-order valence-corrected chi connectivity index (χ0v) is 10.4. The molecule has 0 radical (unpaired) electrons. The Morgan fingerprint density at radius 2 is 2.19 bits per heavy atom. The summed E-state index contributed by atoms with van der Waals surface area (Å²) >= 11 is 3.33. The highest BCUT2D eigenvalue weighted by Gasteiger charge is 2.02. The SMILES string of the molecule is CCOc1cccc(-c2nccc(Br)n2)c1. The van der Waals surface area contributed by atoms with Crippen molar-refractivity contribution in [2.75, 3.05) is 6.61 Å². The van der Waals surface area contributed by atoms with E-state index in [1.165, 1.54) is 0 Å². The van der Waals surface area contributed by atoms with Crippen LogP contribution in [0.15, 0.2) is 41.1 Å². The fourth-order valence-corrected chi connectivity index (χ4v) is 1.65. The van der Waals surface area contributed by atoms with Crippen LogP contribution in [-0.4, -0.2) is 16.6 Å². The fraction of sp³-hybridized carbons (Fsp3) is 0.167. The number of halogens is 1. The summed E-state index contributed by atoms with van der Waals surface area (Å²) in [5.74, 6) is 1.53. The molecule has 0 N–H and O–H groups in total. The third-order valence-electron chi connectivity index (χ3n) is 2.02. The van der Waals surface area contributed by atoms with Gasteiger partial charge in [-0.25, -0.2) is 9.97 Å². The number of hydrogen-bond acceptors (Lipinski definition) is 3. The summed E-state index contributed by atoms with van der Waals surface area (Å²) in [7, 11) is 0. The van der Waals surface area contributed by atoms with Gasteiger partial charge in [-0.05, 0) is 41.1 Å². The Morgan fingerprint density at radius 1 is 1.31 bits per heavy atom. The molecule has 0 aliphatic heterocycles. The maximum absolute atomic E-state index is 5.43. The number of rotatable bonds is 3. The summed E-state index contributed by atoms with van der Waals surface area (Å²) in [5.41, 5.74) is 0.951. The summed E-state index contributed by atoms with van der Waals surface area (Å²) in [6, 6.07) is 9.56. The van der Waals surface area contributed by atoms with Gasteiger partial charge in [-0.15, -0.1) is 0 Å².